The lowest BCUT2D eigenvalue weighted by Crippen LogP contribution is -2.06. The van der Waals surface area contributed by atoms with E-state index in [9.17, 15) is 9.90 Å². The summed E-state index contributed by atoms with van der Waals surface area (Å²) in [5.41, 5.74) is 4.56. The lowest BCUT2D eigenvalue weighted by Gasteiger charge is -2.18. The summed E-state index contributed by atoms with van der Waals surface area (Å²) in [7, 11) is 0. The Kier molecular flexibility index (Phi) is 6.99. The third-order valence-corrected chi connectivity index (χ3v) is 5.86. The minimum absolute atomic E-state index is 0.0574. The van der Waals surface area contributed by atoms with E-state index in [-0.39, 0.29) is 12.3 Å². The van der Waals surface area contributed by atoms with Crippen LogP contribution in [0, 0.1) is 13.8 Å². The van der Waals surface area contributed by atoms with E-state index >= 15 is 0 Å². The van der Waals surface area contributed by atoms with E-state index in [1.165, 1.54) is 0 Å². The zero-order valence-electron chi connectivity index (χ0n) is 17.6. The van der Waals surface area contributed by atoms with Gasteiger partial charge in [0.2, 0.25) is 0 Å². The average Bonchev–Trinajstić information content (AvgIpc) is 3.05. The topological polar surface area (TPSA) is 97.2 Å². The molecule has 1 atom stereocenters. The fourth-order valence-electron chi connectivity index (χ4n) is 3.35. The molecule has 3 aromatic rings. The number of hydrogen-bond acceptors (Lipinski definition) is 7. The van der Waals surface area contributed by atoms with Gasteiger partial charge < -0.3 is 15.2 Å². The van der Waals surface area contributed by atoms with Gasteiger partial charge >= 0.3 is 12.0 Å². The molecule has 0 saturated heterocycles. The Morgan fingerprint density at radius 2 is 1.97 bits per heavy atom. The Balaban J connectivity index is 2.02. The van der Waals surface area contributed by atoms with Gasteiger partial charge in [0.05, 0.1) is 46.7 Å². The molecule has 30 heavy (non-hydrogen) atoms. The van der Waals surface area contributed by atoms with Crippen molar-refractivity contribution in [2.75, 3.05) is 11.9 Å². The van der Waals surface area contributed by atoms with Crippen molar-refractivity contribution in [1.29, 1.82) is 0 Å². The summed E-state index contributed by atoms with van der Waals surface area (Å²) in [6.07, 6.45) is 4.19. The van der Waals surface area contributed by atoms with Gasteiger partial charge in [-0.25, -0.2) is 15.0 Å². The molecule has 2 heterocycles. The van der Waals surface area contributed by atoms with Crippen LogP contribution in [0.3, 0.4) is 0 Å². The summed E-state index contributed by atoms with van der Waals surface area (Å²) in [4.78, 5) is 25.4. The molecule has 2 N–H and O–H groups in total. The summed E-state index contributed by atoms with van der Waals surface area (Å²) >= 11 is 1.64. The number of ether oxygens (including phenoxy) is 1. The number of thiazole rings is 1. The predicted octanol–water partition coefficient (Wildman–Crippen LogP) is 5.33. The maximum absolute atomic E-state index is 11.3. The molecule has 0 spiro atoms. The Hall–Kier alpha value is -3.00. The largest absolute Gasteiger partial charge is 0.481 e. The van der Waals surface area contributed by atoms with Crippen LogP contribution in [-0.2, 0) is 4.79 Å². The van der Waals surface area contributed by atoms with E-state index in [0.29, 0.717) is 12.6 Å². The number of nitrogens with one attached hydrogen (secondary N) is 1. The molecule has 0 bridgehead atoms. The zero-order valence-corrected chi connectivity index (χ0v) is 18.4. The van der Waals surface area contributed by atoms with Gasteiger partial charge in [0.25, 0.3) is 0 Å². The van der Waals surface area contributed by atoms with Crippen LogP contribution in [0.25, 0.3) is 10.4 Å². The van der Waals surface area contributed by atoms with Crippen molar-refractivity contribution in [3.8, 4) is 16.5 Å². The van der Waals surface area contributed by atoms with E-state index in [2.05, 4.69) is 20.3 Å². The number of aryl methyl sites for hydroxylation is 2. The second kappa shape index (κ2) is 9.67. The second-order valence-electron chi connectivity index (χ2n) is 6.97. The molecule has 0 aliphatic carbocycles. The quantitative estimate of drug-likeness (QED) is 0.477. The van der Waals surface area contributed by atoms with Gasteiger partial charge in [-0.15, -0.1) is 11.3 Å². The van der Waals surface area contributed by atoms with E-state index in [4.69, 9.17) is 4.74 Å². The van der Waals surface area contributed by atoms with Crippen LogP contribution in [0.5, 0.6) is 6.01 Å². The van der Waals surface area contributed by atoms with Crippen LogP contribution < -0.4 is 10.1 Å². The number of aromatic nitrogens is 3. The van der Waals surface area contributed by atoms with Crippen molar-refractivity contribution < 1.29 is 14.6 Å². The highest BCUT2D eigenvalue weighted by atomic mass is 32.1. The Labute approximate surface area is 180 Å². The molecule has 0 aliphatic rings. The molecular weight excluding hydrogens is 400 g/mol. The molecule has 0 radical (unpaired) electrons. The molecule has 8 heteroatoms. The smallest absolute Gasteiger partial charge is 0.316 e. The molecule has 0 saturated carbocycles. The molecule has 1 aromatic carbocycles. The van der Waals surface area contributed by atoms with Crippen LogP contribution in [0.4, 0.5) is 11.4 Å². The van der Waals surface area contributed by atoms with E-state index < -0.39 is 5.97 Å². The van der Waals surface area contributed by atoms with E-state index in [1.807, 2.05) is 45.9 Å². The predicted molar refractivity (Wildman–Crippen MR) is 119 cm³/mol. The normalized spacial score (nSPS) is 11.9. The van der Waals surface area contributed by atoms with Crippen molar-refractivity contribution in [2.45, 2.75) is 46.5 Å². The molecule has 158 valence electrons. The van der Waals surface area contributed by atoms with Crippen molar-refractivity contribution in [3.63, 3.8) is 0 Å². The van der Waals surface area contributed by atoms with Gasteiger partial charge in [-0.1, -0.05) is 19.1 Å². The Bertz CT molecular complexity index is 1020. The minimum atomic E-state index is -0.797. The summed E-state index contributed by atoms with van der Waals surface area (Å²) in [6.45, 7) is 8.38. The number of aliphatic carboxylic acids is 1. The molecule has 0 amide bonds. The minimum Gasteiger partial charge on any atom is -0.481 e. The second-order valence-corrected chi connectivity index (χ2v) is 8.17. The highest BCUT2D eigenvalue weighted by molar-refractivity contribution is 7.15. The van der Waals surface area contributed by atoms with Gasteiger partial charge in [-0.05, 0) is 44.7 Å². The summed E-state index contributed by atoms with van der Waals surface area (Å²) in [6, 6.07) is 6.41. The number of carboxylic acid groups (broad SMARTS) is 1. The van der Waals surface area contributed by atoms with Gasteiger partial charge in [0.1, 0.15) is 0 Å². The van der Waals surface area contributed by atoms with Crippen LogP contribution in [0.2, 0.25) is 0 Å². The highest BCUT2D eigenvalue weighted by Gasteiger charge is 2.18. The van der Waals surface area contributed by atoms with Crippen molar-refractivity contribution >= 4 is 28.7 Å². The van der Waals surface area contributed by atoms with Crippen LogP contribution in [0.1, 0.15) is 48.9 Å². The van der Waals surface area contributed by atoms with Crippen molar-refractivity contribution in [1.82, 2.24) is 15.0 Å². The first-order valence-electron chi connectivity index (χ1n) is 9.93. The van der Waals surface area contributed by atoms with Crippen LogP contribution in [-0.4, -0.2) is 32.6 Å². The maximum Gasteiger partial charge on any atom is 0.316 e. The Morgan fingerprint density at radius 1 is 1.23 bits per heavy atom. The molecule has 2 aromatic heterocycles. The standard InChI is InChI=1S/C22H26N4O3S/c1-5-15(10-20(27)28)16-7-8-18(21-13(3)25-14(4)30-21)19(9-16)26-17-11-23-22(24-12-17)29-6-2/h7-9,11-12,15,26H,5-6,10H2,1-4H3,(H,27,28)/t15-/m1/s1. The number of carboxylic acids is 1. The summed E-state index contributed by atoms with van der Waals surface area (Å²) in [5.74, 6) is -0.854. The SMILES string of the molecule is CCOc1ncc(Nc2cc([C@H](CC)CC(=O)O)ccc2-c2sc(C)nc2C)cn1. The fourth-order valence-corrected chi connectivity index (χ4v) is 4.31. The first-order valence-corrected chi connectivity index (χ1v) is 10.7. The molecular formula is C22H26N4O3S. The first-order chi connectivity index (χ1) is 14.4. The third kappa shape index (κ3) is 5.13. The fraction of sp³-hybridized carbons (Fsp3) is 0.364. The van der Waals surface area contributed by atoms with Gasteiger partial charge in [0.15, 0.2) is 0 Å². The van der Waals surface area contributed by atoms with Gasteiger partial charge in [-0.3, -0.25) is 4.79 Å². The van der Waals surface area contributed by atoms with Crippen molar-refractivity contribution in [3.05, 3.63) is 46.9 Å². The number of carbonyl (C=O) groups is 1. The molecule has 3 rings (SSSR count). The molecule has 0 fully saturated rings. The van der Waals surface area contributed by atoms with Gasteiger partial charge in [-0.2, -0.15) is 0 Å². The summed E-state index contributed by atoms with van der Waals surface area (Å²) in [5, 5.41) is 13.7. The lowest BCUT2D eigenvalue weighted by molar-refractivity contribution is -0.137. The summed E-state index contributed by atoms with van der Waals surface area (Å²) < 4.78 is 5.31. The number of hydrogen-bond donors (Lipinski definition) is 2. The third-order valence-electron chi connectivity index (χ3n) is 4.76. The van der Waals surface area contributed by atoms with E-state index in [0.717, 1.165) is 44.5 Å². The number of benzene rings is 1. The number of anilines is 2. The highest BCUT2D eigenvalue weighted by Crippen LogP contribution is 2.38. The number of nitrogens with zero attached hydrogens (tertiary/aromatic N) is 3. The molecule has 0 aliphatic heterocycles. The Morgan fingerprint density at radius 3 is 2.53 bits per heavy atom. The van der Waals surface area contributed by atoms with Crippen LogP contribution in [0.15, 0.2) is 30.6 Å². The van der Waals surface area contributed by atoms with E-state index in [1.54, 1.807) is 23.7 Å². The molecule has 7 nitrogen and oxygen atoms in total. The lowest BCUT2D eigenvalue weighted by atomic mass is 9.91. The maximum atomic E-state index is 11.3. The van der Waals surface area contributed by atoms with Gasteiger partial charge in [0, 0.05) is 11.3 Å². The average molecular weight is 427 g/mol. The van der Waals surface area contributed by atoms with Crippen LogP contribution >= 0.6 is 11.3 Å². The molecule has 0 unspecified atom stereocenters. The number of rotatable bonds is 9. The van der Waals surface area contributed by atoms with Crippen molar-refractivity contribution in [2.24, 2.45) is 0 Å². The monoisotopic (exact) mass is 426 g/mol. The zero-order chi connectivity index (χ0) is 21.7. The first kappa shape index (κ1) is 21.7.